The maximum atomic E-state index is 12.2. The summed E-state index contributed by atoms with van der Waals surface area (Å²) in [6.45, 7) is 0. The predicted octanol–water partition coefficient (Wildman–Crippen LogP) is 5.81. The Morgan fingerprint density at radius 1 is 0.909 bits per heavy atom. The molecular weight excluding hydrogens is 455 g/mol. The average Bonchev–Trinajstić information content (AvgIpc) is 3.24. The van der Waals surface area contributed by atoms with E-state index < -0.39 is 5.60 Å². The summed E-state index contributed by atoms with van der Waals surface area (Å²) >= 11 is 12.4. The summed E-state index contributed by atoms with van der Waals surface area (Å²) in [6, 6.07) is 22.2. The number of hydrogen-bond acceptors (Lipinski definition) is 4. The van der Waals surface area contributed by atoms with Gasteiger partial charge in [0.25, 0.3) is 0 Å². The molecule has 1 unspecified atom stereocenters. The predicted molar refractivity (Wildman–Crippen MR) is 133 cm³/mol. The number of nitrogens with two attached hydrogens (primary N) is 1. The summed E-state index contributed by atoms with van der Waals surface area (Å²) in [5, 5.41) is 14.3. The first kappa shape index (κ1) is 21.5. The summed E-state index contributed by atoms with van der Waals surface area (Å²) in [5.41, 5.74) is 9.10. The monoisotopic (exact) mass is 474 g/mol. The van der Waals surface area contributed by atoms with E-state index in [1.807, 2.05) is 67.7 Å². The number of nitrogens with zero attached hydrogens (tertiary/aromatic N) is 3. The number of pyridine rings is 1. The molecule has 164 valence electrons. The van der Waals surface area contributed by atoms with E-state index in [1.165, 1.54) is 0 Å². The van der Waals surface area contributed by atoms with Crippen LogP contribution in [0.2, 0.25) is 10.0 Å². The Morgan fingerprint density at radius 3 is 2.36 bits per heavy atom. The zero-order valence-corrected chi connectivity index (χ0v) is 19.2. The standard InChI is InChI=1S/C26H20Cl2N4O/c1-32-15-30-14-24(32)26(33,17-5-8-19(27)9-6-17)18-7-10-23-22(12-18)21(13-25(29)31-23)16-3-2-4-20(28)11-16/h2-15,33H,1H3,(H2,29,31). The second-order valence-corrected chi connectivity index (χ2v) is 8.82. The Bertz CT molecular complexity index is 1480. The Morgan fingerprint density at radius 2 is 1.67 bits per heavy atom. The zero-order chi connectivity index (χ0) is 23.2. The molecule has 2 heterocycles. The van der Waals surface area contributed by atoms with Crippen LogP contribution < -0.4 is 5.73 Å². The van der Waals surface area contributed by atoms with Crippen molar-refractivity contribution >= 4 is 39.9 Å². The number of fused-ring (bicyclic) bond motifs is 1. The molecular formula is C26H20Cl2N4O. The number of rotatable bonds is 4. The number of aryl methyl sites for hydroxylation is 1. The summed E-state index contributed by atoms with van der Waals surface area (Å²) < 4.78 is 1.80. The van der Waals surface area contributed by atoms with E-state index in [1.54, 1.807) is 29.2 Å². The second-order valence-electron chi connectivity index (χ2n) is 7.94. The fourth-order valence-electron chi connectivity index (χ4n) is 4.23. The molecule has 5 aromatic rings. The van der Waals surface area contributed by atoms with Crippen molar-refractivity contribution in [2.45, 2.75) is 5.60 Å². The quantitative estimate of drug-likeness (QED) is 0.344. The van der Waals surface area contributed by atoms with Gasteiger partial charge >= 0.3 is 0 Å². The molecule has 0 aliphatic carbocycles. The molecule has 5 rings (SSSR count). The van der Waals surface area contributed by atoms with Crippen molar-refractivity contribution in [2.75, 3.05) is 5.73 Å². The number of aliphatic hydroxyl groups is 1. The Hall–Kier alpha value is -3.38. The van der Waals surface area contributed by atoms with Gasteiger partial charge in [0.05, 0.1) is 23.7 Å². The SMILES string of the molecule is Cn1cncc1C(O)(c1ccc(Cl)cc1)c1ccc2nc(N)cc(-c3cccc(Cl)c3)c2c1. The van der Waals surface area contributed by atoms with Gasteiger partial charge in [-0.2, -0.15) is 0 Å². The van der Waals surface area contributed by atoms with Crippen LogP contribution in [-0.4, -0.2) is 19.6 Å². The van der Waals surface area contributed by atoms with Crippen LogP contribution >= 0.6 is 23.2 Å². The summed E-state index contributed by atoms with van der Waals surface area (Å²) in [4.78, 5) is 8.74. The lowest BCUT2D eigenvalue weighted by Crippen LogP contribution is -2.31. The third kappa shape index (κ3) is 3.74. The maximum Gasteiger partial charge on any atom is 0.156 e. The first-order chi connectivity index (χ1) is 15.9. The van der Waals surface area contributed by atoms with Gasteiger partial charge in [0.1, 0.15) is 5.82 Å². The fourth-order valence-corrected chi connectivity index (χ4v) is 4.54. The van der Waals surface area contributed by atoms with E-state index in [4.69, 9.17) is 28.9 Å². The van der Waals surface area contributed by atoms with Crippen LogP contribution in [0.15, 0.2) is 85.3 Å². The number of nitrogen functional groups attached to an aromatic ring is 1. The van der Waals surface area contributed by atoms with Gasteiger partial charge in [-0.05, 0) is 64.7 Å². The van der Waals surface area contributed by atoms with Crippen LogP contribution in [0.3, 0.4) is 0 Å². The van der Waals surface area contributed by atoms with Gasteiger partial charge in [-0.25, -0.2) is 9.97 Å². The fraction of sp³-hybridized carbons (Fsp3) is 0.0769. The van der Waals surface area contributed by atoms with Crippen LogP contribution in [0.5, 0.6) is 0 Å². The van der Waals surface area contributed by atoms with Gasteiger partial charge in [-0.1, -0.05) is 53.5 Å². The van der Waals surface area contributed by atoms with Gasteiger partial charge in [0.15, 0.2) is 5.60 Å². The van der Waals surface area contributed by atoms with Crippen molar-refractivity contribution in [3.05, 3.63) is 112 Å². The van der Waals surface area contributed by atoms with Gasteiger partial charge in [-0.15, -0.1) is 0 Å². The molecule has 7 heteroatoms. The minimum absolute atomic E-state index is 0.407. The normalized spacial score (nSPS) is 13.2. The van der Waals surface area contributed by atoms with E-state index in [0.717, 1.165) is 22.0 Å². The molecule has 0 saturated carbocycles. The number of benzene rings is 3. The molecule has 0 bridgehead atoms. The van der Waals surface area contributed by atoms with Crippen molar-refractivity contribution in [1.29, 1.82) is 0 Å². The Labute approximate surface area is 201 Å². The maximum absolute atomic E-state index is 12.2. The number of imidazole rings is 1. The molecule has 2 aromatic heterocycles. The molecule has 0 saturated heterocycles. The largest absolute Gasteiger partial charge is 0.384 e. The van der Waals surface area contributed by atoms with Crippen molar-refractivity contribution in [1.82, 2.24) is 14.5 Å². The van der Waals surface area contributed by atoms with E-state index in [-0.39, 0.29) is 0 Å². The number of halogens is 2. The van der Waals surface area contributed by atoms with E-state index in [9.17, 15) is 5.11 Å². The lowest BCUT2D eigenvalue weighted by Gasteiger charge is -2.30. The molecule has 33 heavy (non-hydrogen) atoms. The van der Waals surface area contributed by atoms with Gasteiger partial charge in [0, 0.05) is 22.5 Å². The van der Waals surface area contributed by atoms with Crippen LogP contribution in [0.4, 0.5) is 5.82 Å². The molecule has 0 amide bonds. The van der Waals surface area contributed by atoms with E-state index in [0.29, 0.717) is 32.7 Å². The minimum Gasteiger partial charge on any atom is -0.384 e. The summed E-state index contributed by atoms with van der Waals surface area (Å²) in [6.07, 6.45) is 3.33. The average molecular weight is 475 g/mol. The first-order valence-corrected chi connectivity index (χ1v) is 11.0. The smallest absolute Gasteiger partial charge is 0.156 e. The molecule has 5 nitrogen and oxygen atoms in total. The molecule has 3 aromatic carbocycles. The number of anilines is 1. The third-order valence-corrected chi connectivity index (χ3v) is 6.32. The lowest BCUT2D eigenvalue weighted by atomic mass is 9.82. The molecule has 0 radical (unpaired) electrons. The van der Waals surface area contributed by atoms with Crippen molar-refractivity contribution in [3.63, 3.8) is 0 Å². The Kier molecular flexibility index (Phi) is 5.33. The molecule has 0 aliphatic heterocycles. The number of aromatic nitrogens is 3. The van der Waals surface area contributed by atoms with Crippen LogP contribution in [0.25, 0.3) is 22.0 Å². The molecule has 0 aliphatic rings. The van der Waals surface area contributed by atoms with E-state index in [2.05, 4.69) is 9.97 Å². The number of hydrogen-bond donors (Lipinski definition) is 2. The minimum atomic E-state index is -1.48. The first-order valence-electron chi connectivity index (χ1n) is 10.3. The molecule has 1 atom stereocenters. The van der Waals surface area contributed by atoms with Crippen LogP contribution in [0.1, 0.15) is 16.8 Å². The summed E-state index contributed by atoms with van der Waals surface area (Å²) in [7, 11) is 1.85. The van der Waals surface area contributed by atoms with Crippen molar-refractivity contribution in [3.8, 4) is 11.1 Å². The molecule has 0 fully saturated rings. The van der Waals surface area contributed by atoms with Gasteiger partial charge in [-0.3, -0.25) is 0 Å². The highest BCUT2D eigenvalue weighted by atomic mass is 35.5. The summed E-state index contributed by atoms with van der Waals surface area (Å²) in [5.74, 6) is 0.407. The molecule has 0 spiro atoms. The highest BCUT2D eigenvalue weighted by Crippen LogP contribution is 2.40. The lowest BCUT2D eigenvalue weighted by molar-refractivity contribution is 0.117. The molecule has 3 N–H and O–H groups in total. The highest BCUT2D eigenvalue weighted by Gasteiger charge is 2.36. The zero-order valence-electron chi connectivity index (χ0n) is 17.7. The highest BCUT2D eigenvalue weighted by molar-refractivity contribution is 6.31. The van der Waals surface area contributed by atoms with Crippen LogP contribution in [-0.2, 0) is 12.6 Å². The Balaban J connectivity index is 1.80. The second kappa shape index (κ2) is 8.19. The van der Waals surface area contributed by atoms with Crippen molar-refractivity contribution < 1.29 is 5.11 Å². The van der Waals surface area contributed by atoms with Crippen molar-refractivity contribution in [2.24, 2.45) is 7.05 Å². The van der Waals surface area contributed by atoms with Gasteiger partial charge < -0.3 is 15.4 Å². The third-order valence-electron chi connectivity index (χ3n) is 5.83. The van der Waals surface area contributed by atoms with Crippen LogP contribution in [0, 0.1) is 0 Å². The topological polar surface area (TPSA) is 77.0 Å². The van der Waals surface area contributed by atoms with Gasteiger partial charge in [0.2, 0.25) is 0 Å². The van der Waals surface area contributed by atoms with E-state index >= 15 is 0 Å².